The Morgan fingerprint density at radius 3 is 2.43 bits per heavy atom. The van der Waals surface area contributed by atoms with Gasteiger partial charge in [0.15, 0.2) is 0 Å². The van der Waals surface area contributed by atoms with E-state index in [1.807, 2.05) is 79.7 Å². The molecule has 1 aliphatic heterocycles. The minimum absolute atomic E-state index is 0.00786. The first-order valence-electron chi connectivity index (χ1n) is 12.8. The summed E-state index contributed by atoms with van der Waals surface area (Å²) in [6.45, 7) is 4.15. The number of anilines is 2. The van der Waals surface area contributed by atoms with E-state index in [9.17, 15) is 14.7 Å². The van der Waals surface area contributed by atoms with Crippen LogP contribution in [0.15, 0.2) is 72.8 Å². The molecule has 2 amide bonds. The van der Waals surface area contributed by atoms with E-state index in [1.165, 1.54) is 0 Å². The minimum Gasteiger partial charge on any atom is -0.446 e. The second kappa shape index (κ2) is 12.5. The molecular weight excluding hydrogens is 466 g/mol. The number of piperidine rings is 1. The molecule has 3 aromatic carbocycles. The molecule has 0 spiro atoms. The van der Waals surface area contributed by atoms with Gasteiger partial charge in [-0.2, -0.15) is 0 Å². The number of aryl methyl sites for hydroxylation is 1. The molecule has 0 atom stereocenters. The van der Waals surface area contributed by atoms with Gasteiger partial charge >= 0.3 is 6.09 Å². The van der Waals surface area contributed by atoms with Crippen LogP contribution in [0.2, 0.25) is 0 Å². The summed E-state index contributed by atoms with van der Waals surface area (Å²) < 4.78 is 5.72. The molecule has 1 heterocycles. The van der Waals surface area contributed by atoms with Crippen LogP contribution in [0.1, 0.15) is 30.4 Å². The smallest absolute Gasteiger partial charge is 0.411 e. The number of hydrogen-bond donors (Lipinski definition) is 2. The van der Waals surface area contributed by atoms with Crippen molar-refractivity contribution in [2.24, 2.45) is 0 Å². The molecule has 194 valence electrons. The van der Waals surface area contributed by atoms with E-state index in [-0.39, 0.29) is 18.6 Å². The Balaban J connectivity index is 1.22. The fraction of sp³-hybridized carbons (Fsp3) is 0.333. The molecule has 0 radical (unpaired) electrons. The van der Waals surface area contributed by atoms with E-state index in [0.717, 1.165) is 59.6 Å². The van der Waals surface area contributed by atoms with Crippen LogP contribution >= 0.6 is 0 Å². The highest BCUT2D eigenvalue weighted by Crippen LogP contribution is 2.28. The number of carbonyl (C=O) groups is 2. The van der Waals surface area contributed by atoms with Crippen LogP contribution in [-0.4, -0.2) is 54.8 Å². The first-order chi connectivity index (χ1) is 17.9. The van der Waals surface area contributed by atoms with Crippen molar-refractivity contribution < 1.29 is 19.4 Å². The van der Waals surface area contributed by atoms with Gasteiger partial charge in [-0.05, 0) is 54.7 Å². The second-order valence-corrected chi connectivity index (χ2v) is 9.45. The van der Waals surface area contributed by atoms with Crippen molar-refractivity contribution in [2.45, 2.75) is 38.9 Å². The number of carbonyl (C=O) groups excluding carboxylic acids is 2. The Bertz CT molecular complexity index is 1210. The first kappa shape index (κ1) is 26.4. The summed E-state index contributed by atoms with van der Waals surface area (Å²) in [6.07, 6.45) is 1.30. The van der Waals surface area contributed by atoms with Crippen molar-refractivity contribution in [3.63, 3.8) is 0 Å². The number of nitrogens with one attached hydrogen (secondary N) is 1. The van der Waals surface area contributed by atoms with Crippen molar-refractivity contribution in [3.05, 3.63) is 83.9 Å². The molecule has 37 heavy (non-hydrogen) atoms. The molecule has 0 aromatic heterocycles. The zero-order valence-corrected chi connectivity index (χ0v) is 21.5. The summed E-state index contributed by atoms with van der Waals surface area (Å²) in [5, 5.41) is 12.3. The Morgan fingerprint density at radius 2 is 1.73 bits per heavy atom. The minimum atomic E-state index is -0.443. The lowest BCUT2D eigenvalue weighted by Crippen LogP contribution is -2.40. The van der Waals surface area contributed by atoms with Crippen molar-refractivity contribution in [1.82, 2.24) is 4.90 Å². The third-order valence-electron chi connectivity index (χ3n) is 6.96. The molecule has 4 rings (SSSR count). The Hall–Kier alpha value is -3.68. The standard InChI is InChI=1S/C30H35N3O4/c1-22-20-25(13-12-24(22)21-34)32(2)29(35)16-19-33-17-14-26(15-18-33)37-30(36)31-28-11-7-6-10-27(28)23-8-4-3-5-9-23/h3-13,20,26,34H,14-19,21H2,1-2H3,(H,31,36). The van der Waals surface area contributed by atoms with Crippen LogP contribution in [0, 0.1) is 6.92 Å². The topological polar surface area (TPSA) is 82.1 Å². The number of ether oxygens (including phenoxy) is 1. The molecule has 0 bridgehead atoms. The molecule has 1 aliphatic rings. The van der Waals surface area contributed by atoms with E-state index in [0.29, 0.717) is 13.0 Å². The first-order valence-corrected chi connectivity index (χ1v) is 12.8. The van der Waals surface area contributed by atoms with Crippen molar-refractivity contribution in [3.8, 4) is 11.1 Å². The number of benzene rings is 3. The molecule has 7 nitrogen and oxygen atoms in total. The average Bonchev–Trinajstić information content (AvgIpc) is 2.92. The number of para-hydroxylation sites is 1. The fourth-order valence-electron chi connectivity index (χ4n) is 4.63. The van der Waals surface area contributed by atoms with Gasteiger partial charge in [0.2, 0.25) is 5.91 Å². The Labute approximate surface area is 218 Å². The molecule has 0 aliphatic carbocycles. The largest absolute Gasteiger partial charge is 0.446 e. The highest BCUT2D eigenvalue weighted by atomic mass is 16.6. The van der Waals surface area contributed by atoms with Gasteiger partial charge in [-0.1, -0.05) is 54.6 Å². The predicted octanol–water partition coefficient (Wildman–Crippen LogP) is 5.22. The molecule has 1 fully saturated rings. The van der Waals surface area contributed by atoms with Gasteiger partial charge < -0.3 is 19.6 Å². The molecule has 0 unspecified atom stereocenters. The van der Waals surface area contributed by atoms with Crippen LogP contribution in [0.4, 0.5) is 16.2 Å². The quantitative estimate of drug-likeness (QED) is 0.442. The Kier molecular flexibility index (Phi) is 8.93. The average molecular weight is 502 g/mol. The Morgan fingerprint density at radius 1 is 1.03 bits per heavy atom. The van der Waals surface area contributed by atoms with Gasteiger partial charge in [0, 0.05) is 44.4 Å². The van der Waals surface area contributed by atoms with Crippen molar-refractivity contribution in [1.29, 1.82) is 0 Å². The van der Waals surface area contributed by atoms with E-state index < -0.39 is 6.09 Å². The van der Waals surface area contributed by atoms with Gasteiger partial charge in [0.1, 0.15) is 6.10 Å². The van der Waals surface area contributed by atoms with E-state index >= 15 is 0 Å². The number of aliphatic hydroxyl groups excluding tert-OH is 1. The maximum Gasteiger partial charge on any atom is 0.411 e. The van der Waals surface area contributed by atoms with Crippen LogP contribution in [0.25, 0.3) is 11.1 Å². The number of nitrogens with zero attached hydrogens (tertiary/aromatic N) is 2. The lowest BCUT2D eigenvalue weighted by molar-refractivity contribution is -0.118. The van der Waals surface area contributed by atoms with Crippen LogP contribution in [0.5, 0.6) is 0 Å². The van der Waals surface area contributed by atoms with Crippen molar-refractivity contribution >= 4 is 23.4 Å². The summed E-state index contributed by atoms with van der Waals surface area (Å²) in [7, 11) is 1.78. The lowest BCUT2D eigenvalue weighted by Gasteiger charge is -2.31. The molecular formula is C30H35N3O4. The fourth-order valence-corrected chi connectivity index (χ4v) is 4.63. The lowest BCUT2D eigenvalue weighted by atomic mass is 10.0. The van der Waals surface area contributed by atoms with E-state index in [2.05, 4.69) is 10.2 Å². The van der Waals surface area contributed by atoms with Gasteiger partial charge in [0.05, 0.1) is 12.3 Å². The van der Waals surface area contributed by atoms with Crippen LogP contribution < -0.4 is 10.2 Å². The number of hydrogen-bond acceptors (Lipinski definition) is 5. The second-order valence-electron chi connectivity index (χ2n) is 9.45. The number of aliphatic hydroxyl groups is 1. The summed E-state index contributed by atoms with van der Waals surface area (Å²) in [5.41, 5.74) is 5.36. The molecule has 2 N–H and O–H groups in total. The maximum absolute atomic E-state index is 12.7. The summed E-state index contributed by atoms with van der Waals surface area (Å²) in [5.74, 6) is 0.0472. The zero-order valence-electron chi connectivity index (χ0n) is 21.5. The summed E-state index contributed by atoms with van der Waals surface area (Å²) in [4.78, 5) is 29.3. The van der Waals surface area contributed by atoms with Gasteiger partial charge in [-0.15, -0.1) is 0 Å². The molecule has 3 aromatic rings. The highest BCUT2D eigenvalue weighted by molar-refractivity contribution is 5.93. The predicted molar refractivity (Wildman–Crippen MR) is 147 cm³/mol. The van der Waals surface area contributed by atoms with Crippen LogP contribution in [-0.2, 0) is 16.1 Å². The highest BCUT2D eigenvalue weighted by Gasteiger charge is 2.23. The number of rotatable bonds is 8. The normalized spacial score (nSPS) is 14.2. The van der Waals surface area contributed by atoms with Gasteiger partial charge in [0.25, 0.3) is 0 Å². The summed E-state index contributed by atoms with van der Waals surface area (Å²) in [6, 6.07) is 23.3. The van der Waals surface area contributed by atoms with Gasteiger partial charge in [-0.25, -0.2) is 4.79 Å². The van der Waals surface area contributed by atoms with E-state index in [1.54, 1.807) is 11.9 Å². The number of likely N-dealkylation sites (tertiary alicyclic amines) is 1. The van der Waals surface area contributed by atoms with Gasteiger partial charge in [-0.3, -0.25) is 10.1 Å². The molecule has 7 heteroatoms. The SMILES string of the molecule is Cc1cc(N(C)C(=O)CCN2CCC(OC(=O)Nc3ccccc3-c3ccccc3)CC2)ccc1CO. The maximum atomic E-state index is 12.7. The van der Waals surface area contributed by atoms with E-state index in [4.69, 9.17) is 4.74 Å². The summed E-state index contributed by atoms with van der Waals surface area (Å²) >= 11 is 0. The third kappa shape index (κ3) is 6.96. The number of amides is 2. The zero-order chi connectivity index (χ0) is 26.2. The molecule has 0 saturated carbocycles. The monoisotopic (exact) mass is 501 g/mol. The van der Waals surface area contributed by atoms with Crippen molar-refractivity contribution in [2.75, 3.05) is 36.9 Å². The van der Waals surface area contributed by atoms with Crippen LogP contribution in [0.3, 0.4) is 0 Å². The third-order valence-corrected chi connectivity index (χ3v) is 6.96. The molecule has 1 saturated heterocycles.